The van der Waals surface area contributed by atoms with E-state index in [4.69, 9.17) is 0 Å². The summed E-state index contributed by atoms with van der Waals surface area (Å²) < 4.78 is 2.02. The zero-order valence-electron chi connectivity index (χ0n) is 11.0. The number of nitrogens with zero attached hydrogens (tertiary/aromatic N) is 3. The summed E-state index contributed by atoms with van der Waals surface area (Å²) in [5, 5.41) is 7.92. The Hall–Kier alpha value is -0.900. The molecule has 2 rings (SSSR count). The number of aromatic nitrogens is 3. The van der Waals surface area contributed by atoms with E-state index in [9.17, 15) is 0 Å². The van der Waals surface area contributed by atoms with Gasteiger partial charge in [0.05, 0.1) is 0 Å². The first-order valence-electron chi connectivity index (χ1n) is 6.95. The highest BCUT2D eigenvalue weighted by Gasteiger charge is 2.27. The van der Waals surface area contributed by atoms with Gasteiger partial charge in [0.15, 0.2) is 0 Å². The van der Waals surface area contributed by atoms with Crippen molar-refractivity contribution in [2.24, 2.45) is 5.92 Å². The molecule has 96 valence electrons. The average Bonchev–Trinajstić information content (AvgIpc) is 2.96. The molecule has 1 aromatic rings. The first-order chi connectivity index (χ1) is 8.35. The molecule has 0 aliphatic heterocycles. The van der Waals surface area contributed by atoms with Gasteiger partial charge in [0, 0.05) is 19.0 Å². The number of rotatable bonds is 6. The first-order valence-corrected chi connectivity index (χ1v) is 6.95. The Kier molecular flexibility index (Phi) is 4.54. The number of hydrogen-bond donors (Lipinski definition) is 1. The van der Waals surface area contributed by atoms with Crippen LogP contribution in [0.25, 0.3) is 0 Å². The van der Waals surface area contributed by atoms with Crippen LogP contribution in [0.1, 0.15) is 45.4 Å². The van der Waals surface area contributed by atoms with Crippen LogP contribution in [0.15, 0.2) is 6.33 Å². The van der Waals surface area contributed by atoms with Gasteiger partial charge in [-0.15, -0.1) is 0 Å². The Morgan fingerprint density at radius 3 is 3.06 bits per heavy atom. The van der Waals surface area contributed by atoms with Crippen molar-refractivity contribution in [1.82, 2.24) is 20.1 Å². The SMILES string of the molecule is CCCNC1CCCC1Cc1ncnn1CC. The molecule has 1 aliphatic rings. The van der Waals surface area contributed by atoms with Gasteiger partial charge in [-0.2, -0.15) is 5.10 Å². The lowest BCUT2D eigenvalue weighted by Gasteiger charge is -2.20. The molecule has 4 heteroatoms. The third-order valence-electron chi connectivity index (χ3n) is 3.76. The van der Waals surface area contributed by atoms with Crippen LogP contribution in [0.4, 0.5) is 0 Å². The molecule has 1 fully saturated rings. The standard InChI is InChI=1S/C13H24N4/c1-3-8-14-12-7-5-6-11(12)9-13-15-10-16-17(13)4-2/h10-12,14H,3-9H2,1-2H3. The third kappa shape index (κ3) is 3.06. The summed E-state index contributed by atoms with van der Waals surface area (Å²) in [5.41, 5.74) is 0. The summed E-state index contributed by atoms with van der Waals surface area (Å²) in [4.78, 5) is 4.39. The van der Waals surface area contributed by atoms with Gasteiger partial charge in [-0.25, -0.2) is 4.98 Å². The average molecular weight is 236 g/mol. The van der Waals surface area contributed by atoms with Crippen molar-refractivity contribution in [3.05, 3.63) is 12.2 Å². The van der Waals surface area contributed by atoms with E-state index in [0.29, 0.717) is 6.04 Å². The Balaban J connectivity index is 1.93. The second-order valence-electron chi connectivity index (χ2n) is 4.95. The lowest BCUT2D eigenvalue weighted by molar-refractivity contribution is 0.386. The molecule has 0 saturated heterocycles. The minimum absolute atomic E-state index is 0.692. The largest absolute Gasteiger partial charge is 0.314 e. The molecule has 0 bridgehead atoms. The summed E-state index contributed by atoms with van der Waals surface area (Å²) in [7, 11) is 0. The van der Waals surface area contributed by atoms with E-state index in [1.54, 1.807) is 6.33 Å². The first kappa shape index (κ1) is 12.6. The van der Waals surface area contributed by atoms with Gasteiger partial charge in [0.25, 0.3) is 0 Å². The maximum Gasteiger partial charge on any atom is 0.138 e. The molecular weight excluding hydrogens is 212 g/mol. The Bertz CT molecular complexity index is 334. The van der Waals surface area contributed by atoms with Crippen molar-refractivity contribution < 1.29 is 0 Å². The fraction of sp³-hybridized carbons (Fsp3) is 0.846. The van der Waals surface area contributed by atoms with E-state index in [0.717, 1.165) is 31.3 Å². The van der Waals surface area contributed by atoms with Crippen molar-refractivity contribution in [3.63, 3.8) is 0 Å². The van der Waals surface area contributed by atoms with Crippen LogP contribution in [0.2, 0.25) is 0 Å². The van der Waals surface area contributed by atoms with Crippen LogP contribution in [-0.2, 0) is 13.0 Å². The molecule has 1 aliphatic carbocycles. The van der Waals surface area contributed by atoms with E-state index < -0.39 is 0 Å². The summed E-state index contributed by atoms with van der Waals surface area (Å²) in [6.45, 7) is 6.42. The van der Waals surface area contributed by atoms with Crippen LogP contribution in [0.3, 0.4) is 0 Å². The second kappa shape index (κ2) is 6.15. The Labute approximate surface area is 104 Å². The van der Waals surface area contributed by atoms with Gasteiger partial charge in [0.1, 0.15) is 12.2 Å². The zero-order chi connectivity index (χ0) is 12.1. The minimum Gasteiger partial charge on any atom is -0.314 e. The van der Waals surface area contributed by atoms with Crippen molar-refractivity contribution in [1.29, 1.82) is 0 Å². The lowest BCUT2D eigenvalue weighted by atomic mass is 9.99. The van der Waals surface area contributed by atoms with Crippen molar-refractivity contribution in [2.75, 3.05) is 6.54 Å². The van der Waals surface area contributed by atoms with Crippen molar-refractivity contribution in [2.45, 2.75) is 58.5 Å². The lowest BCUT2D eigenvalue weighted by Crippen LogP contribution is -2.34. The topological polar surface area (TPSA) is 42.7 Å². The normalized spacial score (nSPS) is 24.4. The highest BCUT2D eigenvalue weighted by Crippen LogP contribution is 2.28. The molecule has 2 atom stereocenters. The molecule has 0 aromatic carbocycles. The van der Waals surface area contributed by atoms with E-state index >= 15 is 0 Å². The van der Waals surface area contributed by atoms with E-state index in [1.165, 1.54) is 25.7 Å². The molecule has 1 heterocycles. The van der Waals surface area contributed by atoms with Crippen molar-refractivity contribution in [3.8, 4) is 0 Å². The van der Waals surface area contributed by atoms with Gasteiger partial charge in [0.2, 0.25) is 0 Å². The smallest absolute Gasteiger partial charge is 0.138 e. The van der Waals surface area contributed by atoms with E-state index in [-0.39, 0.29) is 0 Å². The highest BCUT2D eigenvalue weighted by atomic mass is 15.3. The summed E-state index contributed by atoms with van der Waals surface area (Å²) in [6.07, 6.45) is 7.99. The maximum atomic E-state index is 4.39. The molecule has 17 heavy (non-hydrogen) atoms. The molecule has 0 amide bonds. The van der Waals surface area contributed by atoms with Gasteiger partial charge in [-0.1, -0.05) is 13.3 Å². The molecule has 2 unspecified atom stereocenters. The van der Waals surface area contributed by atoms with Crippen LogP contribution >= 0.6 is 0 Å². The van der Waals surface area contributed by atoms with Gasteiger partial charge >= 0.3 is 0 Å². The number of hydrogen-bond acceptors (Lipinski definition) is 3. The van der Waals surface area contributed by atoms with Crippen LogP contribution in [0.5, 0.6) is 0 Å². The predicted molar refractivity (Wildman–Crippen MR) is 68.8 cm³/mol. The summed E-state index contributed by atoms with van der Waals surface area (Å²) >= 11 is 0. The second-order valence-corrected chi connectivity index (χ2v) is 4.95. The Morgan fingerprint density at radius 2 is 2.29 bits per heavy atom. The Morgan fingerprint density at radius 1 is 1.41 bits per heavy atom. The molecule has 4 nitrogen and oxygen atoms in total. The maximum absolute atomic E-state index is 4.39. The molecule has 1 aromatic heterocycles. The molecule has 1 saturated carbocycles. The van der Waals surface area contributed by atoms with Crippen LogP contribution in [0, 0.1) is 5.92 Å². The van der Waals surface area contributed by atoms with E-state index in [2.05, 4.69) is 29.2 Å². The van der Waals surface area contributed by atoms with Gasteiger partial charge < -0.3 is 5.32 Å². The van der Waals surface area contributed by atoms with Crippen LogP contribution < -0.4 is 5.32 Å². The fourth-order valence-corrected chi connectivity index (χ4v) is 2.82. The number of nitrogens with one attached hydrogen (secondary N) is 1. The quantitative estimate of drug-likeness (QED) is 0.821. The summed E-state index contributed by atoms with van der Waals surface area (Å²) in [6, 6.07) is 0.692. The zero-order valence-corrected chi connectivity index (χ0v) is 11.0. The van der Waals surface area contributed by atoms with Gasteiger partial charge in [-0.3, -0.25) is 4.68 Å². The molecule has 0 radical (unpaired) electrons. The fourth-order valence-electron chi connectivity index (χ4n) is 2.82. The third-order valence-corrected chi connectivity index (χ3v) is 3.76. The van der Waals surface area contributed by atoms with Crippen LogP contribution in [-0.4, -0.2) is 27.4 Å². The molecule has 0 spiro atoms. The number of aryl methyl sites for hydroxylation is 1. The highest BCUT2D eigenvalue weighted by molar-refractivity contribution is 4.93. The summed E-state index contributed by atoms with van der Waals surface area (Å²) in [5.74, 6) is 1.90. The van der Waals surface area contributed by atoms with Crippen molar-refractivity contribution >= 4 is 0 Å². The predicted octanol–water partition coefficient (Wildman–Crippen LogP) is 2.01. The minimum atomic E-state index is 0.692. The van der Waals surface area contributed by atoms with E-state index in [1.807, 2.05) is 4.68 Å². The molecule has 1 N–H and O–H groups in total. The van der Waals surface area contributed by atoms with Gasteiger partial charge in [-0.05, 0) is 38.6 Å². The molecular formula is C13H24N4. The monoisotopic (exact) mass is 236 g/mol.